The van der Waals surface area contributed by atoms with Gasteiger partial charge in [-0.2, -0.15) is 0 Å². The molecule has 11 nitrogen and oxygen atoms in total. The highest BCUT2D eigenvalue weighted by Crippen LogP contribution is 2.35. The van der Waals surface area contributed by atoms with Crippen LogP contribution in [0.25, 0.3) is 0 Å². The highest BCUT2D eigenvalue weighted by molar-refractivity contribution is 6.08. The summed E-state index contributed by atoms with van der Waals surface area (Å²) in [6.07, 6.45) is -0.191. The number of carbonyl (C=O) groups excluding carboxylic acids is 2. The number of hydrogen-bond donors (Lipinski definition) is 5. The number of nitrogens with one attached hydrogen (secondary N) is 2. The predicted octanol–water partition coefficient (Wildman–Crippen LogP) is 3.79. The first-order valence-corrected chi connectivity index (χ1v) is 12.5. The van der Waals surface area contributed by atoms with Gasteiger partial charge in [0.05, 0.1) is 25.4 Å². The Labute approximate surface area is 232 Å². The molecule has 3 aromatic rings. The molecule has 0 atom stereocenters. The molecule has 11 heteroatoms. The molecule has 3 rings (SSSR count). The summed E-state index contributed by atoms with van der Waals surface area (Å²) in [5, 5.41) is 27.8. The molecule has 0 saturated heterocycles. The van der Waals surface area contributed by atoms with Crippen LogP contribution >= 0.6 is 0 Å². The molecule has 0 aliphatic rings. The normalized spacial score (nSPS) is 11.2. The number of carbonyl (C=O) groups is 2. The minimum atomic E-state index is -0.558. The first-order valence-electron chi connectivity index (χ1n) is 12.5. The van der Waals surface area contributed by atoms with E-state index in [2.05, 4.69) is 15.8 Å². The van der Waals surface area contributed by atoms with Gasteiger partial charge in [0.15, 0.2) is 23.9 Å². The number of methoxy groups -OCH3 is 1. The fraction of sp³-hybridized carbons (Fsp3) is 0.276. The minimum absolute atomic E-state index is 0.0369. The van der Waals surface area contributed by atoms with Crippen molar-refractivity contribution in [1.29, 1.82) is 0 Å². The number of oxime groups is 1. The number of ether oxygens (including phenoxy) is 3. The van der Waals surface area contributed by atoms with Gasteiger partial charge in [0.1, 0.15) is 0 Å². The Morgan fingerprint density at radius 1 is 1.07 bits per heavy atom. The summed E-state index contributed by atoms with van der Waals surface area (Å²) in [4.78, 5) is 25.0. The average molecular weight is 551 g/mol. The van der Waals surface area contributed by atoms with E-state index in [1.54, 1.807) is 48.5 Å². The summed E-state index contributed by atoms with van der Waals surface area (Å²) in [7, 11) is 1.27. The lowest BCUT2D eigenvalue weighted by molar-refractivity contribution is -0.142. The van der Waals surface area contributed by atoms with Gasteiger partial charge in [-0.3, -0.25) is 4.79 Å². The molecule has 0 radical (unpaired) electrons. The third kappa shape index (κ3) is 7.87. The van der Waals surface area contributed by atoms with E-state index < -0.39 is 5.97 Å². The lowest BCUT2D eigenvalue weighted by atomic mass is 10.1. The number of rotatable bonds is 12. The Hall–Kier alpha value is -4.77. The third-order valence-electron chi connectivity index (χ3n) is 5.73. The number of nitrogens with two attached hydrogens (primary N) is 1. The Morgan fingerprint density at radius 3 is 2.42 bits per heavy atom. The molecular formula is C29H34N4O7. The molecular weight excluding hydrogens is 516 g/mol. The van der Waals surface area contributed by atoms with Crippen LogP contribution in [0.15, 0.2) is 59.8 Å². The van der Waals surface area contributed by atoms with Crippen molar-refractivity contribution < 1.29 is 34.1 Å². The van der Waals surface area contributed by atoms with Gasteiger partial charge in [0.2, 0.25) is 0 Å². The van der Waals surface area contributed by atoms with Gasteiger partial charge >= 0.3 is 5.97 Å². The molecule has 0 unspecified atom stereocenters. The monoisotopic (exact) mass is 550 g/mol. The Balaban J connectivity index is 1.89. The van der Waals surface area contributed by atoms with Gasteiger partial charge in [-0.05, 0) is 74.9 Å². The molecule has 0 aliphatic heterocycles. The topological polar surface area (TPSA) is 165 Å². The molecule has 0 heterocycles. The van der Waals surface area contributed by atoms with Crippen LogP contribution in [-0.2, 0) is 22.7 Å². The third-order valence-corrected chi connectivity index (χ3v) is 5.73. The molecule has 0 aliphatic carbocycles. The van der Waals surface area contributed by atoms with Crippen molar-refractivity contribution >= 4 is 29.1 Å². The van der Waals surface area contributed by atoms with Crippen LogP contribution in [-0.4, -0.2) is 47.8 Å². The molecule has 40 heavy (non-hydrogen) atoms. The van der Waals surface area contributed by atoms with Gasteiger partial charge < -0.3 is 40.9 Å². The van der Waals surface area contributed by atoms with Gasteiger partial charge in [-0.15, -0.1) is 0 Å². The maximum atomic E-state index is 13.3. The smallest absolute Gasteiger partial charge is 0.343 e. The van der Waals surface area contributed by atoms with Crippen LogP contribution in [0.1, 0.15) is 46.5 Å². The molecule has 0 spiro atoms. The quantitative estimate of drug-likeness (QED) is 0.0742. The number of aryl methyl sites for hydroxylation is 1. The molecule has 6 N–H and O–H groups in total. The van der Waals surface area contributed by atoms with Crippen LogP contribution in [0, 0.1) is 6.92 Å². The van der Waals surface area contributed by atoms with Crippen LogP contribution in [0.3, 0.4) is 0 Å². The molecule has 1 amide bonds. The highest BCUT2D eigenvalue weighted by atomic mass is 16.6. The standard InChI is InChI=1S/C29H34N4O7/c1-17(2)40-25-13-19(15-34)12-21(27(25)39-16-26(35)38-4)14-31-24-10-5-18(3)11-23(24)29(36)32-22-8-6-20(7-9-22)28(30)33-37/h5-13,17,31,34,37H,14-16H2,1-4H3,(H2,30,33)(H,32,36). The summed E-state index contributed by atoms with van der Waals surface area (Å²) >= 11 is 0. The van der Waals surface area contributed by atoms with Crippen molar-refractivity contribution in [2.75, 3.05) is 24.4 Å². The van der Waals surface area contributed by atoms with Crippen molar-refractivity contribution in [3.05, 3.63) is 82.4 Å². The zero-order valence-electron chi connectivity index (χ0n) is 22.9. The van der Waals surface area contributed by atoms with E-state index in [-0.39, 0.29) is 37.6 Å². The average Bonchev–Trinajstić information content (AvgIpc) is 2.95. The summed E-state index contributed by atoms with van der Waals surface area (Å²) in [5.74, 6) is -0.243. The zero-order chi connectivity index (χ0) is 29.2. The second-order valence-electron chi connectivity index (χ2n) is 9.19. The molecule has 0 fully saturated rings. The van der Waals surface area contributed by atoms with Crippen molar-refractivity contribution in [1.82, 2.24) is 0 Å². The maximum absolute atomic E-state index is 13.3. The number of hydrogen-bond acceptors (Lipinski definition) is 9. The van der Waals surface area contributed by atoms with Crippen LogP contribution < -0.4 is 25.8 Å². The molecule has 212 valence electrons. The number of amidine groups is 1. The molecule has 0 saturated carbocycles. The predicted molar refractivity (Wildman–Crippen MR) is 151 cm³/mol. The fourth-order valence-electron chi connectivity index (χ4n) is 3.81. The lowest BCUT2D eigenvalue weighted by Crippen LogP contribution is -2.17. The second kappa shape index (κ2) is 13.9. The number of aliphatic hydroxyl groups is 1. The van der Waals surface area contributed by atoms with Gasteiger partial charge in [-0.25, -0.2) is 4.79 Å². The Bertz CT molecular complexity index is 1370. The highest BCUT2D eigenvalue weighted by Gasteiger charge is 2.18. The van der Waals surface area contributed by atoms with Crippen LogP contribution in [0.4, 0.5) is 11.4 Å². The number of esters is 1. The molecule has 0 aromatic heterocycles. The second-order valence-corrected chi connectivity index (χ2v) is 9.19. The van der Waals surface area contributed by atoms with E-state index in [0.29, 0.717) is 45.1 Å². The zero-order valence-corrected chi connectivity index (χ0v) is 22.9. The fourth-order valence-corrected chi connectivity index (χ4v) is 3.81. The van der Waals surface area contributed by atoms with Gasteiger partial charge in [-0.1, -0.05) is 16.8 Å². The number of aliphatic hydroxyl groups excluding tert-OH is 1. The first-order chi connectivity index (χ1) is 19.1. The molecule has 0 bridgehead atoms. The van der Waals surface area contributed by atoms with E-state index >= 15 is 0 Å². The number of nitrogens with zero attached hydrogens (tertiary/aromatic N) is 1. The number of anilines is 2. The van der Waals surface area contributed by atoms with Crippen LogP contribution in [0.5, 0.6) is 11.5 Å². The Kier molecular flexibility index (Phi) is 10.3. The van der Waals surface area contributed by atoms with E-state index in [1.165, 1.54) is 7.11 Å². The maximum Gasteiger partial charge on any atom is 0.343 e. The van der Waals surface area contributed by atoms with Crippen LogP contribution in [0.2, 0.25) is 0 Å². The van der Waals surface area contributed by atoms with Crippen molar-refractivity contribution in [2.45, 2.75) is 40.0 Å². The summed E-state index contributed by atoms with van der Waals surface area (Å²) in [5.41, 5.74) is 9.68. The van der Waals surface area contributed by atoms with E-state index in [0.717, 1.165) is 5.56 Å². The van der Waals surface area contributed by atoms with Crippen molar-refractivity contribution in [2.24, 2.45) is 10.9 Å². The first kappa shape index (κ1) is 29.8. The van der Waals surface area contributed by atoms with Gasteiger partial charge in [0.25, 0.3) is 5.91 Å². The largest absolute Gasteiger partial charge is 0.487 e. The SMILES string of the molecule is COC(=O)COc1c(CNc2ccc(C)cc2C(=O)Nc2ccc(/C(N)=N/O)cc2)cc(CO)cc1OC(C)C. The Morgan fingerprint density at radius 2 is 1.80 bits per heavy atom. The van der Waals surface area contributed by atoms with E-state index in [1.807, 2.05) is 26.8 Å². The number of amides is 1. The number of benzene rings is 3. The van der Waals surface area contributed by atoms with Crippen molar-refractivity contribution in [3.63, 3.8) is 0 Å². The summed E-state index contributed by atoms with van der Waals surface area (Å²) < 4.78 is 16.4. The van der Waals surface area contributed by atoms with Gasteiger partial charge in [0, 0.05) is 29.0 Å². The minimum Gasteiger partial charge on any atom is -0.487 e. The van der Waals surface area contributed by atoms with E-state index in [9.17, 15) is 14.7 Å². The summed E-state index contributed by atoms with van der Waals surface area (Å²) in [6.45, 7) is 5.22. The summed E-state index contributed by atoms with van der Waals surface area (Å²) in [6, 6.07) is 15.4. The van der Waals surface area contributed by atoms with Crippen molar-refractivity contribution in [3.8, 4) is 11.5 Å². The molecule has 3 aromatic carbocycles. The lowest BCUT2D eigenvalue weighted by Gasteiger charge is -2.20. The van der Waals surface area contributed by atoms with E-state index in [4.69, 9.17) is 25.2 Å².